The average molecular weight is 382 g/mol. The highest BCUT2D eigenvalue weighted by Crippen LogP contribution is 2.28. The number of halogens is 3. The number of nitrogens with zero attached hydrogens (tertiary/aromatic N) is 1. The van der Waals surface area contributed by atoms with Crippen molar-refractivity contribution in [3.63, 3.8) is 0 Å². The van der Waals surface area contributed by atoms with Crippen molar-refractivity contribution in [1.29, 1.82) is 0 Å². The fraction of sp³-hybridized carbons (Fsp3) is 0.0588. The highest BCUT2D eigenvalue weighted by atomic mass is 35.5. The molecule has 0 saturated heterocycles. The number of carbonyl (C=O) groups is 2. The van der Waals surface area contributed by atoms with Crippen LogP contribution in [0.2, 0.25) is 15.1 Å². The molecule has 7 heteroatoms. The Hall–Kier alpha value is -2.01. The Morgan fingerprint density at radius 2 is 1.67 bits per heavy atom. The van der Waals surface area contributed by atoms with E-state index in [-0.39, 0.29) is 5.91 Å². The topological polar surface area (TPSA) is 51.1 Å². The predicted molar refractivity (Wildman–Crippen MR) is 97.7 cm³/mol. The summed E-state index contributed by atoms with van der Waals surface area (Å²) in [6.45, 7) is 1.41. The van der Waals surface area contributed by atoms with Crippen LogP contribution in [0.1, 0.15) is 22.1 Å². The fourth-order valence-electron chi connectivity index (χ4n) is 2.42. The summed E-state index contributed by atoms with van der Waals surface area (Å²) in [6.07, 6.45) is 1.48. The molecule has 1 N–H and O–H groups in total. The summed E-state index contributed by atoms with van der Waals surface area (Å²) in [6, 6.07) is 9.79. The molecule has 4 nitrogen and oxygen atoms in total. The number of anilines is 1. The summed E-state index contributed by atoms with van der Waals surface area (Å²) >= 11 is 18.0. The van der Waals surface area contributed by atoms with E-state index in [0.29, 0.717) is 37.2 Å². The molecule has 0 saturated carbocycles. The molecule has 0 aliphatic rings. The van der Waals surface area contributed by atoms with E-state index in [0.717, 1.165) is 0 Å². The lowest BCUT2D eigenvalue weighted by molar-refractivity contribution is 0.0941. The molecule has 1 aromatic heterocycles. The van der Waals surface area contributed by atoms with Gasteiger partial charge in [-0.2, -0.15) is 0 Å². The first kappa shape index (κ1) is 16.8. The van der Waals surface area contributed by atoms with E-state index < -0.39 is 5.91 Å². The van der Waals surface area contributed by atoms with Gasteiger partial charge in [0.05, 0.1) is 21.8 Å². The zero-order chi connectivity index (χ0) is 17.4. The maximum Gasteiger partial charge on any atom is 0.257 e. The van der Waals surface area contributed by atoms with Crippen molar-refractivity contribution in [3.8, 4) is 0 Å². The number of benzene rings is 2. The molecule has 0 spiro atoms. The van der Waals surface area contributed by atoms with Gasteiger partial charge in [0.25, 0.3) is 5.91 Å². The number of nitrogens with one attached hydrogen (secondary N) is 1. The van der Waals surface area contributed by atoms with Gasteiger partial charge in [-0.3, -0.25) is 14.2 Å². The van der Waals surface area contributed by atoms with Gasteiger partial charge < -0.3 is 5.32 Å². The molecular formula is C17H11Cl3N2O2. The van der Waals surface area contributed by atoms with E-state index in [1.165, 1.54) is 17.7 Å². The molecule has 1 amide bonds. The lowest BCUT2D eigenvalue weighted by atomic mass is 10.1. The Kier molecular flexibility index (Phi) is 4.54. The standard InChI is InChI=1S/C17H11Cl3N2O2/c1-9(23)22-8-13(12-4-2-11(19)7-16(12)22)17(24)21-15-6-10(18)3-5-14(15)20/h2-8H,1H3,(H,21,24). The van der Waals surface area contributed by atoms with Gasteiger partial charge in [-0.1, -0.05) is 40.9 Å². The van der Waals surface area contributed by atoms with E-state index in [9.17, 15) is 9.59 Å². The Morgan fingerprint density at radius 1 is 1.00 bits per heavy atom. The first-order valence-electron chi connectivity index (χ1n) is 6.95. The number of aromatic nitrogens is 1. The lowest BCUT2D eigenvalue weighted by Crippen LogP contribution is -2.12. The zero-order valence-electron chi connectivity index (χ0n) is 12.4. The molecule has 1 heterocycles. The second-order valence-corrected chi connectivity index (χ2v) is 6.45. The number of carbonyl (C=O) groups excluding carboxylic acids is 2. The molecule has 2 aromatic carbocycles. The van der Waals surface area contributed by atoms with Crippen LogP contribution >= 0.6 is 34.8 Å². The lowest BCUT2D eigenvalue weighted by Gasteiger charge is -2.07. The molecular weight excluding hydrogens is 371 g/mol. The van der Waals surface area contributed by atoms with Crippen molar-refractivity contribution in [1.82, 2.24) is 4.57 Å². The summed E-state index contributed by atoms with van der Waals surface area (Å²) in [7, 11) is 0. The van der Waals surface area contributed by atoms with Crippen LogP contribution in [0.15, 0.2) is 42.6 Å². The van der Waals surface area contributed by atoms with E-state index in [4.69, 9.17) is 34.8 Å². The van der Waals surface area contributed by atoms with Crippen molar-refractivity contribution >= 4 is 63.2 Å². The minimum absolute atomic E-state index is 0.220. The SMILES string of the molecule is CC(=O)n1cc(C(=O)Nc2cc(Cl)ccc2Cl)c2ccc(Cl)cc21. The highest BCUT2D eigenvalue weighted by molar-refractivity contribution is 6.36. The van der Waals surface area contributed by atoms with E-state index in [1.54, 1.807) is 36.4 Å². The number of hydrogen-bond donors (Lipinski definition) is 1. The van der Waals surface area contributed by atoms with Crippen LogP contribution in [-0.4, -0.2) is 16.4 Å². The molecule has 0 atom stereocenters. The molecule has 24 heavy (non-hydrogen) atoms. The van der Waals surface area contributed by atoms with Crippen molar-refractivity contribution < 1.29 is 9.59 Å². The second-order valence-electron chi connectivity index (χ2n) is 5.17. The third-order valence-corrected chi connectivity index (χ3v) is 4.33. The molecule has 0 aliphatic heterocycles. The van der Waals surface area contributed by atoms with Gasteiger partial charge in [0.15, 0.2) is 0 Å². The molecule has 0 radical (unpaired) electrons. The quantitative estimate of drug-likeness (QED) is 0.636. The number of hydrogen-bond acceptors (Lipinski definition) is 2. The molecule has 0 aliphatic carbocycles. The third-order valence-electron chi connectivity index (χ3n) is 3.53. The molecule has 0 bridgehead atoms. The number of rotatable bonds is 2. The van der Waals surface area contributed by atoms with Gasteiger partial charge in [0, 0.05) is 28.6 Å². The summed E-state index contributed by atoms with van der Waals surface area (Å²) in [4.78, 5) is 24.5. The van der Waals surface area contributed by atoms with Gasteiger partial charge in [-0.15, -0.1) is 0 Å². The minimum Gasteiger partial charge on any atom is -0.321 e. The Labute approximate surface area is 152 Å². The van der Waals surface area contributed by atoms with Gasteiger partial charge in [-0.05, 0) is 30.3 Å². The van der Waals surface area contributed by atoms with Crippen LogP contribution in [0.3, 0.4) is 0 Å². The van der Waals surface area contributed by atoms with E-state index in [2.05, 4.69) is 5.32 Å². The average Bonchev–Trinajstić information content (AvgIpc) is 2.89. The van der Waals surface area contributed by atoms with Crippen molar-refractivity contribution in [2.24, 2.45) is 0 Å². The summed E-state index contributed by atoms with van der Waals surface area (Å²) in [5, 5.41) is 4.63. The van der Waals surface area contributed by atoms with Crippen LogP contribution in [0.25, 0.3) is 10.9 Å². The van der Waals surface area contributed by atoms with E-state index in [1.807, 2.05) is 0 Å². The van der Waals surface area contributed by atoms with E-state index >= 15 is 0 Å². The van der Waals surface area contributed by atoms with Crippen LogP contribution in [0.4, 0.5) is 5.69 Å². The second kappa shape index (κ2) is 6.48. The molecule has 122 valence electrons. The zero-order valence-corrected chi connectivity index (χ0v) is 14.7. The van der Waals surface area contributed by atoms with Crippen LogP contribution in [-0.2, 0) is 0 Å². The van der Waals surface area contributed by atoms with Crippen LogP contribution in [0, 0.1) is 0 Å². The highest BCUT2D eigenvalue weighted by Gasteiger charge is 2.18. The van der Waals surface area contributed by atoms with Gasteiger partial charge in [-0.25, -0.2) is 0 Å². The number of fused-ring (bicyclic) bond motifs is 1. The third kappa shape index (κ3) is 3.13. The Bertz CT molecular complexity index is 979. The van der Waals surface area contributed by atoms with Crippen LogP contribution in [0.5, 0.6) is 0 Å². The molecule has 0 unspecified atom stereocenters. The van der Waals surface area contributed by atoms with Gasteiger partial charge in [0.1, 0.15) is 0 Å². The fourth-order valence-corrected chi connectivity index (χ4v) is 2.93. The maximum absolute atomic E-state index is 12.6. The largest absolute Gasteiger partial charge is 0.321 e. The summed E-state index contributed by atoms with van der Waals surface area (Å²) in [5.74, 6) is -0.617. The predicted octanol–water partition coefficient (Wildman–Crippen LogP) is 5.51. The summed E-state index contributed by atoms with van der Waals surface area (Å²) < 4.78 is 1.38. The van der Waals surface area contributed by atoms with Gasteiger partial charge in [0.2, 0.25) is 5.91 Å². The smallest absolute Gasteiger partial charge is 0.257 e. The first-order valence-corrected chi connectivity index (χ1v) is 8.08. The normalized spacial score (nSPS) is 10.8. The summed E-state index contributed by atoms with van der Waals surface area (Å²) in [5.41, 5.74) is 1.30. The Balaban J connectivity index is 2.07. The van der Waals surface area contributed by atoms with Crippen LogP contribution < -0.4 is 5.32 Å². The van der Waals surface area contributed by atoms with Crippen molar-refractivity contribution in [2.75, 3.05) is 5.32 Å². The first-order chi connectivity index (χ1) is 11.4. The van der Waals surface area contributed by atoms with Gasteiger partial charge >= 0.3 is 0 Å². The molecule has 3 aromatic rings. The maximum atomic E-state index is 12.6. The Morgan fingerprint density at radius 3 is 2.38 bits per heavy atom. The molecule has 3 rings (SSSR count). The van der Waals surface area contributed by atoms with Crippen molar-refractivity contribution in [2.45, 2.75) is 6.92 Å². The molecule has 0 fully saturated rings. The minimum atomic E-state index is -0.397. The monoisotopic (exact) mass is 380 g/mol. The van der Waals surface area contributed by atoms with Crippen molar-refractivity contribution in [3.05, 3.63) is 63.2 Å². The number of amides is 1.